The number of hydrogen-bond acceptors (Lipinski definition) is 5. The molecule has 0 bridgehead atoms. The Morgan fingerprint density at radius 2 is 2.30 bits per heavy atom. The van der Waals surface area contributed by atoms with Gasteiger partial charge in [-0.1, -0.05) is 12.1 Å². The lowest BCUT2D eigenvalue weighted by Gasteiger charge is -2.29. The van der Waals surface area contributed by atoms with Crippen molar-refractivity contribution in [2.24, 2.45) is 5.73 Å². The van der Waals surface area contributed by atoms with Gasteiger partial charge >= 0.3 is 0 Å². The molecule has 0 saturated heterocycles. The van der Waals surface area contributed by atoms with E-state index in [1.807, 2.05) is 24.4 Å². The van der Waals surface area contributed by atoms with Crippen molar-refractivity contribution in [3.8, 4) is 6.07 Å². The summed E-state index contributed by atoms with van der Waals surface area (Å²) in [6, 6.07) is 10.5. The number of nitrogens with zero attached hydrogens (tertiary/aromatic N) is 3. The van der Waals surface area contributed by atoms with Crippen molar-refractivity contribution in [1.29, 1.82) is 5.26 Å². The molecule has 0 radical (unpaired) electrons. The summed E-state index contributed by atoms with van der Waals surface area (Å²) in [5, 5.41) is 10.9. The molecular formula is C15H18N4S. The zero-order valence-electron chi connectivity index (χ0n) is 11.3. The Morgan fingerprint density at radius 3 is 2.90 bits per heavy atom. The van der Waals surface area contributed by atoms with Crippen LogP contribution in [0.5, 0.6) is 0 Å². The number of thiophene rings is 1. The van der Waals surface area contributed by atoms with Gasteiger partial charge in [0.2, 0.25) is 0 Å². The molecule has 104 valence electrons. The maximum Gasteiger partial charge on any atom is 0.0635 e. The minimum absolute atomic E-state index is 0.156. The Labute approximate surface area is 123 Å². The minimum atomic E-state index is 0.156. The Kier molecular flexibility index (Phi) is 5.69. The average Bonchev–Trinajstić information content (AvgIpc) is 3.00. The van der Waals surface area contributed by atoms with E-state index in [1.54, 1.807) is 17.5 Å². The van der Waals surface area contributed by atoms with Crippen LogP contribution in [0.4, 0.5) is 0 Å². The van der Waals surface area contributed by atoms with Crippen molar-refractivity contribution in [2.45, 2.75) is 19.0 Å². The molecule has 2 aromatic rings. The molecule has 2 rings (SSSR count). The fourth-order valence-corrected chi connectivity index (χ4v) is 3.06. The van der Waals surface area contributed by atoms with E-state index in [9.17, 15) is 0 Å². The van der Waals surface area contributed by atoms with Gasteiger partial charge in [-0.15, -0.1) is 11.3 Å². The summed E-state index contributed by atoms with van der Waals surface area (Å²) < 4.78 is 0. The molecule has 20 heavy (non-hydrogen) atoms. The second kappa shape index (κ2) is 7.75. The number of nitrogens with two attached hydrogens (primary N) is 1. The van der Waals surface area contributed by atoms with Crippen LogP contribution < -0.4 is 5.73 Å². The molecule has 0 fully saturated rings. The minimum Gasteiger partial charge on any atom is -0.329 e. The number of nitriles is 1. The highest BCUT2D eigenvalue weighted by Crippen LogP contribution is 2.25. The van der Waals surface area contributed by atoms with Crippen molar-refractivity contribution >= 4 is 11.3 Å². The van der Waals surface area contributed by atoms with Gasteiger partial charge in [0.1, 0.15) is 0 Å². The van der Waals surface area contributed by atoms with E-state index in [-0.39, 0.29) is 6.04 Å². The van der Waals surface area contributed by atoms with Crippen molar-refractivity contribution in [3.63, 3.8) is 0 Å². The third-order valence-electron chi connectivity index (χ3n) is 3.15. The first-order valence-electron chi connectivity index (χ1n) is 6.58. The van der Waals surface area contributed by atoms with Gasteiger partial charge in [0.05, 0.1) is 12.1 Å². The predicted molar refractivity (Wildman–Crippen MR) is 81.0 cm³/mol. The third kappa shape index (κ3) is 3.87. The zero-order chi connectivity index (χ0) is 14.2. The Morgan fingerprint density at radius 1 is 1.40 bits per heavy atom. The second-order valence-corrected chi connectivity index (χ2v) is 5.49. The highest BCUT2D eigenvalue weighted by atomic mass is 32.1. The van der Waals surface area contributed by atoms with Crippen LogP contribution in [0.1, 0.15) is 22.9 Å². The van der Waals surface area contributed by atoms with Crippen LogP contribution in [0.2, 0.25) is 0 Å². The van der Waals surface area contributed by atoms with E-state index >= 15 is 0 Å². The number of aromatic nitrogens is 1. The highest BCUT2D eigenvalue weighted by Gasteiger charge is 2.20. The molecular weight excluding hydrogens is 268 g/mol. The Hall–Kier alpha value is -1.74. The van der Waals surface area contributed by atoms with Crippen LogP contribution in [0.25, 0.3) is 0 Å². The lowest BCUT2D eigenvalue weighted by molar-refractivity contribution is 0.199. The van der Waals surface area contributed by atoms with Gasteiger partial charge < -0.3 is 5.73 Å². The van der Waals surface area contributed by atoms with Gasteiger partial charge in [0, 0.05) is 43.3 Å². The molecule has 5 heteroatoms. The van der Waals surface area contributed by atoms with Crippen molar-refractivity contribution in [1.82, 2.24) is 9.88 Å². The van der Waals surface area contributed by atoms with Crippen LogP contribution in [0.15, 0.2) is 42.0 Å². The fourth-order valence-electron chi connectivity index (χ4n) is 2.19. The number of hydrogen-bond donors (Lipinski definition) is 1. The lowest BCUT2D eigenvalue weighted by Crippen LogP contribution is -2.33. The van der Waals surface area contributed by atoms with Crippen LogP contribution in [-0.2, 0) is 6.54 Å². The molecule has 0 amide bonds. The van der Waals surface area contributed by atoms with Gasteiger partial charge in [-0.2, -0.15) is 5.26 Å². The molecule has 2 heterocycles. The molecule has 4 nitrogen and oxygen atoms in total. The normalized spacial score (nSPS) is 12.2. The van der Waals surface area contributed by atoms with Crippen molar-refractivity contribution in [2.75, 3.05) is 13.1 Å². The summed E-state index contributed by atoms with van der Waals surface area (Å²) in [7, 11) is 0. The van der Waals surface area contributed by atoms with E-state index < -0.39 is 0 Å². The zero-order valence-corrected chi connectivity index (χ0v) is 12.1. The van der Waals surface area contributed by atoms with Crippen molar-refractivity contribution < 1.29 is 0 Å². The molecule has 0 saturated carbocycles. The largest absolute Gasteiger partial charge is 0.329 e. The molecule has 1 unspecified atom stereocenters. The third-order valence-corrected chi connectivity index (χ3v) is 4.13. The monoisotopic (exact) mass is 286 g/mol. The smallest absolute Gasteiger partial charge is 0.0635 e. The average molecular weight is 286 g/mol. The number of rotatable bonds is 7. The molecule has 2 N–H and O–H groups in total. The number of pyridine rings is 1. The molecule has 0 aliphatic rings. The van der Waals surface area contributed by atoms with Gasteiger partial charge in [-0.05, 0) is 23.1 Å². The van der Waals surface area contributed by atoms with Gasteiger partial charge in [0.25, 0.3) is 0 Å². The first-order valence-corrected chi connectivity index (χ1v) is 7.46. The summed E-state index contributed by atoms with van der Waals surface area (Å²) in [5.74, 6) is 0. The molecule has 1 atom stereocenters. The van der Waals surface area contributed by atoms with Gasteiger partial charge in [0.15, 0.2) is 0 Å². The van der Waals surface area contributed by atoms with Crippen LogP contribution in [0.3, 0.4) is 0 Å². The van der Waals surface area contributed by atoms with E-state index in [0.717, 1.165) is 12.1 Å². The van der Waals surface area contributed by atoms with Crippen LogP contribution >= 0.6 is 11.3 Å². The maximum atomic E-state index is 8.85. The molecule has 0 aliphatic heterocycles. The summed E-state index contributed by atoms with van der Waals surface area (Å²) >= 11 is 1.71. The standard InChI is InChI=1S/C15H18N4S/c16-6-3-8-19(12-13-4-1-7-18-11-13)14(10-17)15-5-2-9-20-15/h1-2,4-5,7,9,11,14H,3,8,10,12,17H2. The maximum absolute atomic E-state index is 8.85. The summed E-state index contributed by atoms with van der Waals surface area (Å²) in [5.41, 5.74) is 7.10. The van der Waals surface area contributed by atoms with E-state index in [0.29, 0.717) is 19.5 Å². The highest BCUT2D eigenvalue weighted by molar-refractivity contribution is 7.10. The molecule has 0 aliphatic carbocycles. The van der Waals surface area contributed by atoms with E-state index in [2.05, 4.69) is 27.4 Å². The second-order valence-electron chi connectivity index (χ2n) is 4.51. The molecule has 2 aromatic heterocycles. The lowest BCUT2D eigenvalue weighted by atomic mass is 10.1. The molecule has 0 aromatic carbocycles. The van der Waals surface area contributed by atoms with Crippen LogP contribution in [-0.4, -0.2) is 23.0 Å². The quantitative estimate of drug-likeness (QED) is 0.849. The first-order chi connectivity index (χ1) is 9.85. The fraction of sp³-hybridized carbons (Fsp3) is 0.333. The van der Waals surface area contributed by atoms with E-state index in [1.165, 1.54) is 4.88 Å². The van der Waals surface area contributed by atoms with Crippen LogP contribution in [0, 0.1) is 11.3 Å². The van der Waals surface area contributed by atoms with E-state index in [4.69, 9.17) is 11.0 Å². The predicted octanol–water partition coefficient (Wildman–Crippen LogP) is 2.56. The topological polar surface area (TPSA) is 65.9 Å². The summed E-state index contributed by atoms with van der Waals surface area (Å²) in [4.78, 5) is 7.65. The summed E-state index contributed by atoms with van der Waals surface area (Å²) in [6.45, 7) is 2.02. The van der Waals surface area contributed by atoms with Gasteiger partial charge in [-0.25, -0.2) is 0 Å². The SMILES string of the molecule is N#CCCN(Cc1cccnc1)C(CN)c1cccs1. The van der Waals surface area contributed by atoms with Crippen molar-refractivity contribution in [3.05, 3.63) is 52.5 Å². The summed E-state index contributed by atoms with van der Waals surface area (Å²) in [6.07, 6.45) is 4.13. The molecule has 0 spiro atoms. The Bertz CT molecular complexity index is 533. The Balaban J connectivity index is 2.15. The van der Waals surface area contributed by atoms with Gasteiger partial charge in [-0.3, -0.25) is 9.88 Å². The first kappa shape index (κ1) is 14.7.